The molecule has 2 heteroatoms. The molecule has 0 aliphatic rings. The van der Waals surface area contributed by atoms with Gasteiger partial charge in [0.2, 0.25) is 0 Å². The Bertz CT molecular complexity index is 72.1. The molecule has 0 saturated heterocycles. The van der Waals surface area contributed by atoms with Crippen molar-refractivity contribution in [2.24, 2.45) is 3.95 Å². The van der Waals surface area contributed by atoms with Crippen molar-refractivity contribution in [3.05, 3.63) is 0 Å². The zero-order chi connectivity index (χ0) is 5.86. The fraction of sp³-hybridized carbons (Fsp3) is 0.800. The van der Waals surface area contributed by atoms with E-state index >= 15 is 0 Å². The first-order valence-corrected chi connectivity index (χ1v) is 7.58. The molecule has 0 amide bonds. The Morgan fingerprint density at radius 3 is 1.71 bits per heavy atom. The van der Waals surface area contributed by atoms with E-state index in [1.54, 1.807) is 0 Å². The molecule has 0 aromatic rings. The monoisotopic (exact) mass is 160 g/mol. The Balaban J connectivity index is 3.45. The summed E-state index contributed by atoms with van der Waals surface area (Å²) in [5, 5.41) is 0. The molecule has 0 bridgehead atoms. The summed E-state index contributed by atoms with van der Waals surface area (Å²) >= 11 is -0.861. The Labute approximate surface area is 50.2 Å². The van der Waals surface area contributed by atoms with Crippen LogP contribution in [-0.4, -0.2) is 20.3 Å². The van der Waals surface area contributed by atoms with Crippen LogP contribution in [-0.2, 0) is 0 Å². The van der Waals surface area contributed by atoms with Crippen LogP contribution < -0.4 is 0 Å². The van der Waals surface area contributed by atoms with Gasteiger partial charge < -0.3 is 0 Å². The van der Waals surface area contributed by atoms with Crippen LogP contribution in [0.15, 0.2) is 3.95 Å². The van der Waals surface area contributed by atoms with Gasteiger partial charge in [-0.05, 0) is 0 Å². The molecule has 0 aromatic heterocycles. The Kier molecular flexibility index (Phi) is 3.34. The molecule has 0 unspecified atom stereocenters. The van der Waals surface area contributed by atoms with Crippen molar-refractivity contribution in [1.29, 1.82) is 0 Å². The van der Waals surface area contributed by atoms with Crippen molar-refractivity contribution in [2.75, 3.05) is 0 Å². The van der Waals surface area contributed by atoms with Crippen LogP contribution in [0.3, 0.4) is 0 Å². The molecule has 1 nitrogen and oxygen atoms in total. The van der Waals surface area contributed by atoms with Gasteiger partial charge in [-0.15, -0.1) is 0 Å². The van der Waals surface area contributed by atoms with Crippen LogP contribution in [0.5, 0.6) is 0 Å². The van der Waals surface area contributed by atoms with Gasteiger partial charge >= 0.3 is 49.6 Å². The average Bonchev–Trinajstić information content (AvgIpc) is 1.27. The van der Waals surface area contributed by atoms with Crippen LogP contribution in [0.25, 0.3) is 0 Å². The van der Waals surface area contributed by atoms with E-state index in [0.29, 0.717) is 0 Å². The number of rotatable bonds is 1. The molecule has 0 rings (SSSR count). The molecule has 0 aliphatic heterocycles. The molecule has 0 aromatic carbocycles. The summed E-state index contributed by atoms with van der Waals surface area (Å²) in [6, 6.07) is 0. The Morgan fingerprint density at radius 2 is 1.71 bits per heavy atom. The van der Waals surface area contributed by atoms with Gasteiger partial charge in [0.15, 0.2) is 0 Å². The summed E-state index contributed by atoms with van der Waals surface area (Å²) in [4.78, 5) is 0. The summed E-state index contributed by atoms with van der Waals surface area (Å²) < 4.78 is 4.36. The van der Waals surface area contributed by atoms with Gasteiger partial charge in [0.25, 0.3) is 0 Å². The molecule has 0 saturated carbocycles. The second-order valence-electron chi connectivity index (χ2n) is 2.01. The first kappa shape index (κ1) is 7.21. The molecule has 0 heterocycles. The van der Waals surface area contributed by atoms with E-state index in [2.05, 4.69) is 29.3 Å². The summed E-state index contributed by atoms with van der Waals surface area (Å²) in [6.45, 7) is 4.11. The van der Waals surface area contributed by atoms with E-state index in [9.17, 15) is 0 Å². The fourth-order valence-electron chi connectivity index (χ4n) is 0.447. The van der Waals surface area contributed by atoms with Gasteiger partial charge in [-0.3, -0.25) is 0 Å². The third kappa shape index (κ3) is 6.21. The topological polar surface area (TPSA) is 12.4 Å². The molecular weight excluding hydrogens is 147 g/mol. The molecule has 0 aliphatic carbocycles. The third-order valence-electron chi connectivity index (χ3n) is 0.447. The van der Waals surface area contributed by atoms with Crippen LogP contribution in [0.1, 0.15) is 13.8 Å². The number of hydrogen-bond acceptors (Lipinski definition) is 1. The van der Waals surface area contributed by atoms with Crippen LogP contribution in [0.2, 0.25) is 11.5 Å². The second-order valence-corrected chi connectivity index (χ2v) is 6.45. The zero-order valence-electron chi connectivity index (χ0n) is 5.45. The van der Waals surface area contributed by atoms with E-state index in [-0.39, 0.29) is 0 Å². The van der Waals surface area contributed by atoms with Crippen molar-refractivity contribution in [1.82, 2.24) is 0 Å². The van der Waals surface area contributed by atoms with E-state index in [1.165, 1.54) is 5.71 Å². The summed E-state index contributed by atoms with van der Waals surface area (Å²) in [6.07, 6.45) is 0. The minimum absolute atomic E-state index is 0.861. The SMILES string of the molecule is CC(C)=[N][Ge]([CH3])[CH3]. The molecule has 1 radical (unpaired) electrons. The maximum absolute atomic E-state index is 4.36. The first-order valence-electron chi connectivity index (χ1n) is 2.45. The molecule has 0 spiro atoms. The van der Waals surface area contributed by atoms with Crippen molar-refractivity contribution >= 4 is 20.3 Å². The molecular formula is C5H12GeN. The van der Waals surface area contributed by atoms with Gasteiger partial charge in [-0.2, -0.15) is 0 Å². The second kappa shape index (κ2) is 3.25. The van der Waals surface area contributed by atoms with Crippen LogP contribution in [0, 0.1) is 0 Å². The molecule has 7 heavy (non-hydrogen) atoms. The van der Waals surface area contributed by atoms with Crippen molar-refractivity contribution in [3.8, 4) is 0 Å². The Hall–Kier alpha value is 0.213. The van der Waals surface area contributed by atoms with Gasteiger partial charge in [0.1, 0.15) is 0 Å². The predicted molar refractivity (Wildman–Crippen MR) is 36.3 cm³/mol. The van der Waals surface area contributed by atoms with Crippen LogP contribution in [0.4, 0.5) is 0 Å². The van der Waals surface area contributed by atoms with Crippen molar-refractivity contribution < 1.29 is 0 Å². The summed E-state index contributed by atoms with van der Waals surface area (Å²) in [5.41, 5.74) is 1.24. The zero-order valence-corrected chi connectivity index (χ0v) is 7.55. The molecule has 0 N–H and O–H groups in total. The number of hydrogen-bond donors (Lipinski definition) is 0. The standard InChI is InChI=1S/C5H12GeN/c1-5(2)7-6(3)4/h1-4H3. The molecule has 0 atom stereocenters. The summed E-state index contributed by atoms with van der Waals surface area (Å²) in [5.74, 6) is 4.49. The quantitative estimate of drug-likeness (QED) is 0.407. The average molecular weight is 159 g/mol. The predicted octanol–water partition coefficient (Wildman–Crippen LogP) is 1.72. The molecule has 0 fully saturated rings. The first-order chi connectivity index (χ1) is 3.13. The van der Waals surface area contributed by atoms with Crippen molar-refractivity contribution in [2.45, 2.75) is 25.4 Å². The van der Waals surface area contributed by atoms with Gasteiger partial charge in [0, 0.05) is 0 Å². The van der Waals surface area contributed by atoms with Gasteiger partial charge in [-0.1, -0.05) is 0 Å². The van der Waals surface area contributed by atoms with E-state index < -0.39 is 14.6 Å². The fourth-order valence-corrected chi connectivity index (χ4v) is 2.32. The van der Waals surface area contributed by atoms with Gasteiger partial charge in [0.05, 0.1) is 0 Å². The van der Waals surface area contributed by atoms with E-state index in [1.807, 2.05) is 0 Å². The van der Waals surface area contributed by atoms with E-state index in [4.69, 9.17) is 0 Å². The van der Waals surface area contributed by atoms with E-state index in [0.717, 1.165) is 0 Å². The molecule has 41 valence electrons. The van der Waals surface area contributed by atoms with Crippen LogP contribution >= 0.6 is 0 Å². The van der Waals surface area contributed by atoms with Gasteiger partial charge in [-0.25, -0.2) is 0 Å². The minimum atomic E-state index is -0.861. The third-order valence-corrected chi connectivity index (χ3v) is 2.32. The normalized spacial score (nSPS) is 9.29. The Morgan fingerprint density at radius 1 is 1.29 bits per heavy atom. The van der Waals surface area contributed by atoms with Crippen molar-refractivity contribution in [3.63, 3.8) is 0 Å². The number of nitrogens with zero attached hydrogens (tertiary/aromatic N) is 1. The summed E-state index contributed by atoms with van der Waals surface area (Å²) in [7, 11) is 0. The maximum atomic E-state index is 4.36.